The highest BCUT2D eigenvalue weighted by atomic mass is 16.5. The zero-order valence-corrected chi connectivity index (χ0v) is 13.4. The fourth-order valence-corrected chi connectivity index (χ4v) is 2.33. The first-order chi connectivity index (χ1) is 9.42. The number of anilines is 2. The van der Waals surface area contributed by atoms with Gasteiger partial charge >= 0.3 is 0 Å². The SMILES string of the molecule is CCOc1cc(NC(CC(C)C)CN(C)C)ccc1N. The first kappa shape index (κ1) is 16.6. The summed E-state index contributed by atoms with van der Waals surface area (Å²) in [7, 11) is 4.20. The molecule has 0 aliphatic carbocycles. The quantitative estimate of drug-likeness (QED) is 0.718. The average Bonchev–Trinajstić information content (AvgIpc) is 2.32. The van der Waals surface area contributed by atoms with Crippen molar-refractivity contribution in [3.05, 3.63) is 18.2 Å². The van der Waals surface area contributed by atoms with Gasteiger partial charge in [0.05, 0.1) is 12.3 Å². The van der Waals surface area contributed by atoms with E-state index < -0.39 is 0 Å². The minimum absolute atomic E-state index is 0.420. The van der Waals surface area contributed by atoms with Crippen LogP contribution in [0.1, 0.15) is 27.2 Å². The third-order valence-corrected chi connectivity index (χ3v) is 3.03. The number of benzene rings is 1. The van der Waals surface area contributed by atoms with Crippen LogP contribution in [0.3, 0.4) is 0 Å². The predicted molar refractivity (Wildman–Crippen MR) is 87.4 cm³/mol. The van der Waals surface area contributed by atoms with E-state index in [-0.39, 0.29) is 0 Å². The second kappa shape index (κ2) is 8.00. The van der Waals surface area contributed by atoms with Gasteiger partial charge in [-0.2, -0.15) is 0 Å². The minimum atomic E-state index is 0.420. The summed E-state index contributed by atoms with van der Waals surface area (Å²) in [6.07, 6.45) is 1.13. The molecule has 0 fully saturated rings. The number of nitrogens with two attached hydrogens (primary N) is 1. The number of nitrogens with one attached hydrogen (secondary N) is 1. The molecule has 1 aromatic rings. The summed E-state index contributed by atoms with van der Waals surface area (Å²) in [4.78, 5) is 2.21. The maximum absolute atomic E-state index is 5.91. The van der Waals surface area contributed by atoms with E-state index in [0.29, 0.717) is 24.3 Å². The molecule has 4 heteroatoms. The van der Waals surface area contributed by atoms with E-state index >= 15 is 0 Å². The molecular formula is C16H29N3O. The topological polar surface area (TPSA) is 50.5 Å². The molecule has 0 aromatic heterocycles. The van der Waals surface area contributed by atoms with Crippen LogP contribution in [0.15, 0.2) is 18.2 Å². The van der Waals surface area contributed by atoms with E-state index in [0.717, 1.165) is 24.4 Å². The van der Waals surface area contributed by atoms with Crippen LogP contribution >= 0.6 is 0 Å². The van der Waals surface area contributed by atoms with Crippen LogP contribution in [-0.4, -0.2) is 38.2 Å². The summed E-state index contributed by atoms with van der Waals surface area (Å²) in [6.45, 7) is 8.10. The molecule has 0 heterocycles. The van der Waals surface area contributed by atoms with Gasteiger partial charge in [0.1, 0.15) is 5.75 Å². The summed E-state index contributed by atoms with van der Waals surface area (Å²) in [5.74, 6) is 1.42. The molecule has 0 aliphatic rings. The van der Waals surface area contributed by atoms with Crippen molar-refractivity contribution in [2.45, 2.75) is 33.2 Å². The Morgan fingerprint density at radius 1 is 1.30 bits per heavy atom. The molecule has 114 valence electrons. The molecule has 20 heavy (non-hydrogen) atoms. The number of ether oxygens (including phenoxy) is 1. The molecule has 0 bridgehead atoms. The number of likely N-dealkylation sites (N-methyl/N-ethyl adjacent to an activating group) is 1. The van der Waals surface area contributed by atoms with Gasteiger partial charge in [-0.15, -0.1) is 0 Å². The Morgan fingerprint density at radius 3 is 2.55 bits per heavy atom. The molecule has 0 radical (unpaired) electrons. The highest BCUT2D eigenvalue weighted by molar-refractivity contribution is 5.61. The van der Waals surface area contributed by atoms with Crippen molar-refractivity contribution in [3.8, 4) is 5.75 Å². The molecule has 1 rings (SSSR count). The second-order valence-corrected chi connectivity index (χ2v) is 5.92. The van der Waals surface area contributed by atoms with Crippen LogP contribution < -0.4 is 15.8 Å². The van der Waals surface area contributed by atoms with Crippen LogP contribution in [0.2, 0.25) is 0 Å². The zero-order chi connectivity index (χ0) is 15.1. The molecular weight excluding hydrogens is 250 g/mol. The van der Waals surface area contributed by atoms with Gasteiger partial charge in [-0.3, -0.25) is 0 Å². The van der Waals surface area contributed by atoms with Crippen LogP contribution in [0.25, 0.3) is 0 Å². The van der Waals surface area contributed by atoms with Gasteiger partial charge in [0, 0.05) is 24.3 Å². The molecule has 0 spiro atoms. The summed E-state index contributed by atoms with van der Waals surface area (Å²) in [5, 5.41) is 3.59. The lowest BCUT2D eigenvalue weighted by molar-refractivity contribution is 0.341. The normalized spacial score (nSPS) is 12.8. The predicted octanol–water partition coefficient (Wildman–Crippen LogP) is 3.06. The standard InChI is InChI=1S/C16H29N3O/c1-6-20-16-10-13(7-8-15(16)17)18-14(9-12(2)3)11-19(4)5/h7-8,10,12,14,18H,6,9,11,17H2,1-5H3. The number of rotatable bonds is 8. The van der Waals surface area contributed by atoms with E-state index in [1.807, 2.05) is 25.1 Å². The Hall–Kier alpha value is -1.42. The first-order valence-corrected chi connectivity index (χ1v) is 7.36. The molecule has 0 aliphatic heterocycles. The largest absolute Gasteiger partial charge is 0.492 e. The molecule has 0 saturated carbocycles. The molecule has 1 unspecified atom stereocenters. The van der Waals surface area contributed by atoms with Gasteiger partial charge in [-0.05, 0) is 45.5 Å². The Balaban J connectivity index is 2.78. The highest BCUT2D eigenvalue weighted by Crippen LogP contribution is 2.26. The van der Waals surface area contributed by atoms with Gasteiger partial charge < -0.3 is 20.7 Å². The van der Waals surface area contributed by atoms with Gasteiger partial charge in [-0.1, -0.05) is 13.8 Å². The van der Waals surface area contributed by atoms with E-state index in [9.17, 15) is 0 Å². The van der Waals surface area contributed by atoms with Gasteiger partial charge in [-0.25, -0.2) is 0 Å². The van der Waals surface area contributed by atoms with Crippen molar-refractivity contribution in [2.75, 3.05) is 38.3 Å². The fourth-order valence-electron chi connectivity index (χ4n) is 2.33. The Bertz CT molecular complexity index is 395. The average molecular weight is 279 g/mol. The monoisotopic (exact) mass is 279 g/mol. The summed E-state index contributed by atoms with van der Waals surface area (Å²) in [5.41, 5.74) is 7.66. The van der Waals surface area contributed by atoms with Crippen LogP contribution in [0, 0.1) is 5.92 Å². The number of hydrogen-bond donors (Lipinski definition) is 2. The minimum Gasteiger partial charge on any atom is -0.492 e. The summed E-state index contributed by atoms with van der Waals surface area (Å²) in [6, 6.07) is 6.32. The van der Waals surface area contributed by atoms with Crippen LogP contribution in [0.4, 0.5) is 11.4 Å². The van der Waals surface area contributed by atoms with E-state index in [1.165, 1.54) is 0 Å². The van der Waals surface area contributed by atoms with Crippen molar-refractivity contribution in [1.82, 2.24) is 4.90 Å². The third kappa shape index (κ3) is 5.70. The highest BCUT2D eigenvalue weighted by Gasteiger charge is 2.13. The van der Waals surface area contributed by atoms with Crippen molar-refractivity contribution < 1.29 is 4.74 Å². The lowest BCUT2D eigenvalue weighted by Gasteiger charge is -2.25. The third-order valence-electron chi connectivity index (χ3n) is 3.03. The maximum atomic E-state index is 5.91. The zero-order valence-electron chi connectivity index (χ0n) is 13.4. The maximum Gasteiger partial charge on any atom is 0.144 e. The molecule has 4 nitrogen and oxygen atoms in total. The number of nitrogen functional groups attached to an aromatic ring is 1. The lowest BCUT2D eigenvalue weighted by atomic mass is 10.0. The van der Waals surface area contributed by atoms with Crippen LogP contribution in [0.5, 0.6) is 5.75 Å². The van der Waals surface area contributed by atoms with Gasteiger partial charge in [0.25, 0.3) is 0 Å². The smallest absolute Gasteiger partial charge is 0.144 e. The number of nitrogens with zero attached hydrogens (tertiary/aromatic N) is 1. The molecule has 3 N–H and O–H groups in total. The number of hydrogen-bond acceptors (Lipinski definition) is 4. The Kier molecular flexibility index (Phi) is 6.65. The first-order valence-electron chi connectivity index (χ1n) is 7.36. The molecule has 0 amide bonds. The summed E-state index contributed by atoms with van der Waals surface area (Å²) < 4.78 is 5.55. The second-order valence-electron chi connectivity index (χ2n) is 5.92. The van der Waals surface area contributed by atoms with E-state index in [4.69, 9.17) is 10.5 Å². The fraction of sp³-hybridized carbons (Fsp3) is 0.625. The molecule has 1 aromatic carbocycles. The van der Waals surface area contributed by atoms with Crippen molar-refractivity contribution in [1.29, 1.82) is 0 Å². The van der Waals surface area contributed by atoms with Crippen LogP contribution in [-0.2, 0) is 0 Å². The Labute approximate surface area is 123 Å². The van der Waals surface area contributed by atoms with Gasteiger partial charge in [0.2, 0.25) is 0 Å². The Morgan fingerprint density at radius 2 is 2.00 bits per heavy atom. The van der Waals surface area contributed by atoms with Gasteiger partial charge in [0.15, 0.2) is 0 Å². The van der Waals surface area contributed by atoms with E-state index in [1.54, 1.807) is 0 Å². The lowest BCUT2D eigenvalue weighted by Crippen LogP contribution is -2.33. The van der Waals surface area contributed by atoms with Crippen molar-refractivity contribution in [3.63, 3.8) is 0 Å². The summed E-state index contributed by atoms with van der Waals surface area (Å²) >= 11 is 0. The molecule has 0 saturated heterocycles. The van der Waals surface area contributed by atoms with E-state index in [2.05, 4.69) is 38.2 Å². The molecule has 1 atom stereocenters. The van der Waals surface area contributed by atoms with Crippen molar-refractivity contribution >= 4 is 11.4 Å². The van der Waals surface area contributed by atoms with Crippen molar-refractivity contribution in [2.24, 2.45) is 5.92 Å².